The molecular weight excluding hydrogens is 402 g/mol. The molecule has 1 N–H and O–H groups in total. The summed E-state index contributed by atoms with van der Waals surface area (Å²) >= 11 is 0. The Kier molecular flexibility index (Phi) is 4.94. The third-order valence-electron chi connectivity index (χ3n) is 8.60. The molecule has 0 unspecified atom stereocenters. The molecule has 5 rings (SSSR count). The standard InChI is InChI=1S/C31H37NO/c1-28(2,3)23-15-16-27-26(20-23)30(5)21-29(4,24-13-10-14-25(19-24)33-6)17-18-31(30,32-27)22-11-8-7-9-12-22/h7-16,19-20,32H,17-18,21H2,1-6H3/t29-,30+,31-/m1/s1. The molecule has 3 aromatic carbocycles. The van der Waals surface area contributed by atoms with Gasteiger partial charge in [-0.1, -0.05) is 89.2 Å². The van der Waals surface area contributed by atoms with Crippen LogP contribution in [0.5, 0.6) is 5.75 Å². The van der Waals surface area contributed by atoms with Crippen molar-refractivity contribution in [2.24, 2.45) is 0 Å². The van der Waals surface area contributed by atoms with E-state index in [-0.39, 0.29) is 21.8 Å². The summed E-state index contributed by atoms with van der Waals surface area (Å²) in [5.74, 6) is 0.943. The quantitative estimate of drug-likeness (QED) is 0.451. The third kappa shape index (κ3) is 3.29. The Morgan fingerprint density at radius 1 is 0.818 bits per heavy atom. The fraction of sp³-hybridized carbons (Fsp3) is 0.419. The summed E-state index contributed by atoms with van der Waals surface area (Å²) in [6.45, 7) is 11.9. The maximum atomic E-state index is 5.59. The molecule has 2 heteroatoms. The molecule has 1 aliphatic heterocycles. The fourth-order valence-electron chi connectivity index (χ4n) is 6.59. The normalized spacial score (nSPS) is 28.5. The molecule has 3 aromatic rings. The monoisotopic (exact) mass is 439 g/mol. The number of nitrogens with one attached hydrogen (secondary N) is 1. The lowest BCUT2D eigenvalue weighted by Crippen LogP contribution is -2.55. The summed E-state index contributed by atoms with van der Waals surface area (Å²) < 4.78 is 5.59. The predicted octanol–water partition coefficient (Wildman–Crippen LogP) is 7.71. The number of hydrogen-bond acceptors (Lipinski definition) is 2. The minimum absolute atomic E-state index is 0.0407. The molecule has 33 heavy (non-hydrogen) atoms. The van der Waals surface area contributed by atoms with Crippen molar-refractivity contribution in [3.63, 3.8) is 0 Å². The molecule has 0 saturated heterocycles. The highest BCUT2D eigenvalue weighted by molar-refractivity contribution is 5.68. The summed E-state index contributed by atoms with van der Waals surface area (Å²) in [6, 6.07) is 27.0. The van der Waals surface area contributed by atoms with Gasteiger partial charge in [0.25, 0.3) is 0 Å². The van der Waals surface area contributed by atoms with Crippen LogP contribution in [0, 0.1) is 0 Å². The Morgan fingerprint density at radius 2 is 1.55 bits per heavy atom. The van der Waals surface area contributed by atoms with Gasteiger partial charge < -0.3 is 10.1 Å². The second-order valence-corrected chi connectivity index (χ2v) is 11.7. The summed E-state index contributed by atoms with van der Waals surface area (Å²) in [6.07, 6.45) is 3.29. The summed E-state index contributed by atoms with van der Waals surface area (Å²) in [5, 5.41) is 4.07. The maximum absolute atomic E-state index is 5.59. The summed E-state index contributed by atoms with van der Waals surface area (Å²) in [4.78, 5) is 0. The lowest BCUT2D eigenvalue weighted by molar-refractivity contribution is 0.128. The van der Waals surface area contributed by atoms with Crippen LogP contribution >= 0.6 is 0 Å². The number of hydrogen-bond donors (Lipinski definition) is 1. The van der Waals surface area contributed by atoms with E-state index in [4.69, 9.17) is 4.74 Å². The second-order valence-electron chi connectivity index (χ2n) is 11.7. The van der Waals surface area contributed by atoms with E-state index in [2.05, 4.69) is 107 Å². The fourth-order valence-corrected chi connectivity index (χ4v) is 6.59. The molecule has 3 atom stereocenters. The van der Waals surface area contributed by atoms with E-state index in [1.165, 1.54) is 27.9 Å². The minimum atomic E-state index is -0.106. The molecule has 172 valence electrons. The van der Waals surface area contributed by atoms with Crippen molar-refractivity contribution >= 4 is 5.69 Å². The average molecular weight is 440 g/mol. The topological polar surface area (TPSA) is 21.3 Å². The predicted molar refractivity (Wildman–Crippen MR) is 138 cm³/mol. The van der Waals surface area contributed by atoms with Crippen molar-refractivity contribution in [3.05, 3.63) is 95.1 Å². The Hall–Kier alpha value is -2.74. The Labute approximate surface area is 199 Å². The van der Waals surface area contributed by atoms with Crippen molar-refractivity contribution in [2.75, 3.05) is 12.4 Å². The molecule has 2 nitrogen and oxygen atoms in total. The Bertz CT molecular complexity index is 1180. The maximum Gasteiger partial charge on any atom is 0.119 e. The summed E-state index contributed by atoms with van der Waals surface area (Å²) in [7, 11) is 1.76. The van der Waals surface area contributed by atoms with Gasteiger partial charge in [-0.2, -0.15) is 0 Å². The highest BCUT2D eigenvalue weighted by Crippen LogP contribution is 2.64. The smallest absolute Gasteiger partial charge is 0.119 e. The van der Waals surface area contributed by atoms with Crippen LogP contribution in [-0.4, -0.2) is 7.11 Å². The van der Waals surface area contributed by atoms with Crippen LogP contribution in [0.4, 0.5) is 5.69 Å². The number of fused-ring (bicyclic) bond motifs is 3. The van der Waals surface area contributed by atoms with Crippen molar-refractivity contribution < 1.29 is 4.74 Å². The SMILES string of the molecule is COc1cccc([C@]2(C)CC[C@]3(c4ccccc4)Nc4ccc(C(C)(C)C)cc4[C@]3(C)C2)c1. The van der Waals surface area contributed by atoms with Crippen molar-refractivity contribution in [1.82, 2.24) is 0 Å². The van der Waals surface area contributed by atoms with Gasteiger partial charge in [0.1, 0.15) is 5.75 Å². The number of rotatable bonds is 3. The first-order chi connectivity index (χ1) is 15.6. The molecule has 1 saturated carbocycles. The number of anilines is 1. The van der Waals surface area contributed by atoms with Gasteiger partial charge in [0, 0.05) is 11.1 Å². The first-order valence-electron chi connectivity index (χ1n) is 12.2. The lowest BCUT2D eigenvalue weighted by Gasteiger charge is -2.54. The molecule has 0 radical (unpaired) electrons. The van der Waals surface area contributed by atoms with Crippen molar-refractivity contribution in [3.8, 4) is 5.75 Å². The van der Waals surface area contributed by atoms with E-state index in [1.54, 1.807) is 7.11 Å². The van der Waals surface area contributed by atoms with Crippen LogP contribution in [-0.2, 0) is 21.8 Å². The zero-order chi connectivity index (χ0) is 23.5. The first kappa shape index (κ1) is 22.1. The van der Waals surface area contributed by atoms with E-state index in [1.807, 2.05) is 6.07 Å². The lowest BCUT2D eigenvalue weighted by atomic mass is 9.51. The number of benzene rings is 3. The molecule has 2 aliphatic rings. The van der Waals surface area contributed by atoms with Crippen LogP contribution in [0.25, 0.3) is 0 Å². The van der Waals surface area contributed by atoms with Crippen LogP contribution < -0.4 is 10.1 Å². The van der Waals surface area contributed by atoms with Gasteiger partial charge >= 0.3 is 0 Å². The molecule has 0 amide bonds. The largest absolute Gasteiger partial charge is 0.497 e. The van der Waals surface area contributed by atoms with Gasteiger partial charge in [-0.3, -0.25) is 0 Å². The van der Waals surface area contributed by atoms with Crippen LogP contribution in [0.2, 0.25) is 0 Å². The summed E-state index contributed by atoms with van der Waals surface area (Å²) in [5.41, 5.74) is 6.99. The van der Waals surface area contributed by atoms with E-state index in [0.29, 0.717) is 0 Å². The van der Waals surface area contributed by atoms with Gasteiger partial charge in [0.05, 0.1) is 12.6 Å². The molecular formula is C31H37NO. The average Bonchev–Trinajstić information content (AvgIpc) is 3.07. The second kappa shape index (κ2) is 7.38. The van der Waals surface area contributed by atoms with Crippen LogP contribution in [0.1, 0.15) is 76.1 Å². The first-order valence-corrected chi connectivity index (χ1v) is 12.2. The Morgan fingerprint density at radius 3 is 2.24 bits per heavy atom. The highest BCUT2D eigenvalue weighted by atomic mass is 16.5. The van der Waals surface area contributed by atoms with E-state index in [0.717, 1.165) is 25.0 Å². The molecule has 1 heterocycles. The van der Waals surface area contributed by atoms with Gasteiger partial charge in [0.15, 0.2) is 0 Å². The number of methoxy groups -OCH3 is 1. The van der Waals surface area contributed by atoms with E-state index >= 15 is 0 Å². The van der Waals surface area contributed by atoms with Crippen molar-refractivity contribution in [1.29, 1.82) is 0 Å². The van der Waals surface area contributed by atoms with Gasteiger partial charge in [-0.05, 0) is 70.5 Å². The molecule has 0 aromatic heterocycles. The zero-order valence-corrected chi connectivity index (χ0v) is 21.0. The zero-order valence-electron chi connectivity index (χ0n) is 21.0. The molecule has 1 aliphatic carbocycles. The van der Waals surface area contributed by atoms with Crippen molar-refractivity contribution in [2.45, 2.75) is 75.7 Å². The molecule has 0 spiro atoms. The van der Waals surface area contributed by atoms with Crippen LogP contribution in [0.15, 0.2) is 72.8 Å². The Balaban J connectivity index is 1.69. The van der Waals surface area contributed by atoms with Crippen LogP contribution in [0.3, 0.4) is 0 Å². The minimum Gasteiger partial charge on any atom is -0.497 e. The molecule has 0 bridgehead atoms. The molecule has 1 fully saturated rings. The van der Waals surface area contributed by atoms with Gasteiger partial charge in [-0.25, -0.2) is 0 Å². The van der Waals surface area contributed by atoms with E-state index in [9.17, 15) is 0 Å². The highest BCUT2D eigenvalue weighted by Gasteiger charge is 2.61. The van der Waals surface area contributed by atoms with E-state index < -0.39 is 0 Å². The third-order valence-corrected chi connectivity index (χ3v) is 8.60. The van der Waals surface area contributed by atoms with Gasteiger partial charge in [-0.15, -0.1) is 0 Å². The number of ether oxygens (including phenoxy) is 1. The van der Waals surface area contributed by atoms with Gasteiger partial charge in [0.2, 0.25) is 0 Å².